The highest BCUT2D eigenvalue weighted by atomic mass is 32.1. The fourth-order valence-electron chi connectivity index (χ4n) is 2.91. The summed E-state index contributed by atoms with van der Waals surface area (Å²) in [6.07, 6.45) is 0.458. The number of aliphatic hydroxyl groups is 1. The van der Waals surface area contributed by atoms with Crippen LogP contribution in [0.15, 0.2) is 29.3 Å². The normalized spacial score (nSPS) is 11.9. The minimum Gasteiger partial charge on any atom is -0.493 e. The Bertz CT molecular complexity index is 1100. The van der Waals surface area contributed by atoms with Gasteiger partial charge in [-0.05, 0) is 24.6 Å². The number of nitrogens with one attached hydrogen (secondary N) is 1. The van der Waals surface area contributed by atoms with Gasteiger partial charge in [0.25, 0.3) is 11.5 Å². The zero-order valence-electron chi connectivity index (χ0n) is 17.1. The average Bonchev–Trinajstić information content (AvgIpc) is 3.09. The molecule has 2 heterocycles. The van der Waals surface area contributed by atoms with Crippen molar-refractivity contribution in [3.8, 4) is 17.2 Å². The highest BCUT2D eigenvalue weighted by molar-refractivity contribution is 7.20. The minimum atomic E-state index is -0.968. The smallest absolute Gasteiger partial charge is 0.262 e. The number of aromatic nitrogens is 2. The number of benzene rings is 1. The van der Waals surface area contributed by atoms with E-state index in [0.29, 0.717) is 37.9 Å². The summed E-state index contributed by atoms with van der Waals surface area (Å²) in [6, 6.07) is 5.19. The number of thiophene rings is 1. The number of nitrogens with zero attached hydrogens (tertiary/aromatic N) is 2. The van der Waals surface area contributed by atoms with Gasteiger partial charge in [-0.3, -0.25) is 9.59 Å². The van der Waals surface area contributed by atoms with Crippen LogP contribution in [0.5, 0.6) is 17.2 Å². The van der Waals surface area contributed by atoms with Crippen molar-refractivity contribution in [2.45, 2.75) is 13.0 Å². The fraction of sp³-hybridized carbons (Fsp3) is 0.350. The maximum Gasteiger partial charge on any atom is 0.262 e. The van der Waals surface area contributed by atoms with Crippen LogP contribution in [0.25, 0.3) is 10.2 Å². The first-order chi connectivity index (χ1) is 14.4. The molecular weight excluding hydrogens is 410 g/mol. The Hall–Kier alpha value is -3.11. The third-order valence-corrected chi connectivity index (χ3v) is 5.72. The standard InChI is InChI=1S/C20H23N3O6S/c1-11-15-19(22-10-23(2)20(15)26)30-17(11)18(25)21-8-12(24)9-29-16-13(27-3)6-5-7-14(16)28-4/h5-7,10,12,24H,8-9H2,1-4H3,(H,21,25). The molecule has 1 atom stereocenters. The van der Waals surface area contributed by atoms with Crippen molar-refractivity contribution < 1.29 is 24.1 Å². The number of methoxy groups -OCH3 is 2. The van der Waals surface area contributed by atoms with Gasteiger partial charge < -0.3 is 29.2 Å². The second-order valence-corrected chi connectivity index (χ2v) is 7.56. The molecule has 1 amide bonds. The maximum atomic E-state index is 12.6. The van der Waals surface area contributed by atoms with E-state index in [1.165, 1.54) is 25.1 Å². The topological polar surface area (TPSA) is 112 Å². The van der Waals surface area contributed by atoms with Crippen LogP contribution in [0.2, 0.25) is 0 Å². The van der Waals surface area contributed by atoms with E-state index in [1.54, 1.807) is 32.2 Å². The Morgan fingerprint density at radius 3 is 2.60 bits per heavy atom. The molecule has 3 rings (SSSR count). The highest BCUT2D eigenvalue weighted by Crippen LogP contribution is 2.36. The summed E-state index contributed by atoms with van der Waals surface area (Å²) in [5.74, 6) is 0.933. The molecule has 0 saturated carbocycles. The van der Waals surface area contributed by atoms with Gasteiger partial charge in [0.2, 0.25) is 5.75 Å². The average molecular weight is 433 g/mol. The zero-order valence-corrected chi connectivity index (χ0v) is 17.9. The predicted octanol–water partition coefficient (Wildman–Crippen LogP) is 1.49. The van der Waals surface area contributed by atoms with E-state index in [4.69, 9.17) is 14.2 Å². The number of fused-ring (bicyclic) bond motifs is 1. The van der Waals surface area contributed by atoms with Gasteiger partial charge in [-0.15, -0.1) is 11.3 Å². The van der Waals surface area contributed by atoms with E-state index < -0.39 is 6.10 Å². The summed E-state index contributed by atoms with van der Waals surface area (Å²) in [4.78, 5) is 30.0. The van der Waals surface area contributed by atoms with Crippen molar-refractivity contribution in [2.75, 3.05) is 27.4 Å². The number of hydrogen-bond donors (Lipinski definition) is 2. The van der Waals surface area contributed by atoms with Crippen molar-refractivity contribution in [3.63, 3.8) is 0 Å². The first-order valence-electron chi connectivity index (χ1n) is 9.12. The van der Waals surface area contributed by atoms with Gasteiger partial charge in [-0.1, -0.05) is 6.07 Å². The molecule has 3 aromatic rings. The summed E-state index contributed by atoms with van der Waals surface area (Å²) in [7, 11) is 4.63. The SMILES string of the molecule is COc1cccc(OC)c1OCC(O)CNC(=O)c1sc2ncn(C)c(=O)c2c1C. The lowest BCUT2D eigenvalue weighted by Gasteiger charge is -2.17. The third kappa shape index (κ3) is 4.24. The molecule has 30 heavy (non-hydrogen) atoms. The Balaban J connectivity index is 1.65. The Kier molecular flexibility index (Phi) is 6.58. The second-order valence-electron chi connectivity index (χ2n) is 6.56. The molecule has 0 fully saturated rings. The van der Waals surface area contributed by atoms with Crippen molar-refractivity contribution in [1.29, 1.82) is 0 Å². The molecule has 0 bridgehead atoms. The van der Waals surface area contributed by atoms with E-state index in [2.05, 4.69) is 10.3 Å². The minimum absolute atomic E-state index is 0.0323. The number of para-hydroxylation sites is 1. The molecule has 2 N–H and O–H groups in total. The largest absolute Gasteiger partial charge is 0.493 e. The van der Waals surface area contributed by atoms with Gasteiger partial charge in [0, 0.05) is 13.6 Å². The van der Waals surface area contributed by atoms with Gasteiger partial charge in [-0.2, -0.15) is 0 Å². The summed E-state index contributed by atoms with van der Waals surface area (Å²) in [5.41, 5.74) is 0.373. The van der Waals surface area contributed by atoms with Crippen molar-refractivity contribution in [3.05, 3.63) is 45.3 Å². The number of amides is 1. The molecule has 0 aliphatic rings. The molecule has 1 unspecified atom stereocenters. The molecule has 0 radical (unpaired) electrons. The van der Waals surface area contributed by atoms with Crippen LogP contribution in [-0.4, -0.2) is 54.0 Å². The number of rotatable bonds is 8. The summed E-state index contributed by atoms with van der Waals surface area (Å²) >= 11 is 1.14. The first kappa shape index (κ1) is 21.6. The molecular formula is C20H23N3O6S. The molecule has 0 aliphatic carbocycles. The summed E-state index contributed by atoms with van der Waals surface area (Å²) in [5, 5.41) is 13.3. The summed E-state index contributed by atoms with van der Waals surface area (Å²) in [6.45, 7) is 1.60. The number of carbonyl (C=O) groups is 1. The zero-order chi connectivity index (χ0) is 21.8. The number of aryl methyl sites for hydroxylation is 2. The van der Waals surface area contributed by atoms with Crippen LogP contribution in [0, 0.1) is 6.92 Å². The number of hydrogen-bond acceptors (Lipinski definition) is 8. The van der Waals surface area contributed by atoms with Gasteiger partial charge >= 0.3 is 0 Å². The maximum absolute atomic E-state index is 12.6. The molecule has 160 valence electrons. The van der Waals surface area contributed by atoms with Crippen molar-refractivity contribution in [2.24, 2.45) is 7.05 Å². The van der Waals surface area contributed by atoms with E-state index in [0.717, 1.165) is 11.3 Å². The van der Waals surface area contributed by atoms with Crippen molar-refractivity contribution >= 4 is 27.5 Å². The van der Waals surface area contributed by atoms with Crippen LogP contribution < -0.4 is 25.1 Å². The highest BCUT2D eigenvalue weighted by Gasteiger charge is 2.20. The molecule has 0 spiro atoms. The molecule has 1 aromatic carbocycles. The number of aliphatic hydroxyl groups excluding tert-OH is 1. The summed E-state index contributed by atoms with van der Waals surface area (Å²) < 4.78 is 17.5. The molecule has 0 aliphatic heterocycles. The molecule has 9 nitrogen and oxygen atoms in total. The molecule has 0 saturated heterocycles. The van der Waals surface area contributed by atoms with E-state index in [1.807, 2.05) is 0 Å². The quantitative estimate of drug-likeness (QED) is 0.554. The van der Waals surface area contributed by atoms with Crippen LogP contribution in [0.4, 0.5) is 0 Å². The van der Waals surface area contributed by atoms with Crippen LogP contribution in [0.3, 0.4) is 0 Å². The van der Waals surface area contributed by atoms with Crippen LogP contribution in [-0.2, 0) is 7.05 Å². The fourth-order valence-corrected chi connectivity index (χ4v) is 3.97. The monoisotopic (exact) mass is 433 g/mol. The molecule has 2 aromatic heterocycles. The molecule has 10 heteroatoms. The number of carbonyl (C=O) groups excluding carboxylic acids is 1. The van der Waals surface area contributed by atoms with Crippen LogP contribution >= 0.6 is 11.3 Å². The van der Waals surface area contributed by atoms with E-state index >= 15 is 0 Å². The van der Waals surface area contributed by atoms with E-state index in [9.17, 15) is 14.7 Å². The van der Waals surface area contributed by atoms with Gasteiger partial charge in [0.15, 0.2) is 11.5 Å². The van der Waals surface area contributed by atoms with Gasteiger partial charge in [0.1, 0.15) is 17.5 Å². The third-order valence-electron chi connectivity index (χ3n) is 4.52. The predicted molar refractivity (Wildman–Crippen MR) is 113 cm³/mol. The second kappa shape index (κ2) is 9.14. The lowest BCUT2D eigenvalue weighted by molar-refractivity contribution is 0.0836. The van der Waals surface area contributed by atoms with Gasteiger partial charge in [-0.25, -0.2) is 4.98 Å². The van der Waals surface area contributed by atoms with E-state index in [-0.39, 0.29) is 24.6 Å². The number of ether oxygens (including phenoxy) is 3. The van der Waals surface area contributed by atoms with Gasteiger partial charge in [0.05, 0.1) is 30.8 Å². The Labute approximate surface area is 176 Å². The first-order valence-corrected chi connectivity index (χ1v) is 9.93. The Morgan fingerprint density at radius 1 is 1.30 bits per heavy atom. The lowest BCUT2D eigenvalue weighted by atomic mass is 10.2. The Morgan fingerprint density at radius 2 is 1.97 bits per heavy atom. The van der Waals surface area contributed by atoms with Crippen molar-refractivity contribution in [1.82, 2.24) is 14.9 Å². The lowest BCUT2D eigenvalue weighted by Crippen LogP contribution is -2.35. The van der Waals surface area contributed by atoms with Crippen LogP contribution in [0.1, 0.15) is 15.2 Å².